The molecule has 0 radical (unpaired) electrons. The minimum absolute atomic E-state index is 0.0644. The maximum atomic E-state index is 12.2. The van der Waals surface area contributed by atoms with Crippen LogP contribution in [-0.2, 0) is 6.54 Å². The summed E-state index contributed by atoms with van der Waals surface area (Å²) in [6.07, 6.45) is 4.20. The highest BCUT2D eigenvalue weighted by Gasteiger charge is 2.14. The maximum Gasteiger partial charge on any atom is 0.283 e. The van der Waals surface area contributed by atoms with Gasteiger partial charge in [0.2, 0.25) is 0 Å². The molecule has 1 aliphatic rings. The largest absolute Gasteiger partial charge is 0.382 e. The molecule has 20 heavy (non-hydrogen) atoms. The van der Waals surface area contributed by atoms with Gasteiger partial charge in [-0.25, -0.2) is 4.68 Å². The number of anilines is 1. The second-order valence-corrected chi connectivity index (χ2v) is 6.64. The van der Waals surface area contributed by atoms with Gasteiger partial charge >= 0.3 is 0 Å². The van der Waals surface area contributed by atoms with Crippen LogP contribution in [0.4, 0.5) is 5.69 Å². The van der Waals surface area contributed by atoms with Crippen molar-refractivity contribution in [3.63, 3.8) is 0 Å². The first-order valence-corrected chi connectivity index (χ1v) is 8.07. The molecule has 112 valence electrons. The number of piperidine rings is 1. The average Bonchev–Trinajstić information content (AvgIpc) is 2.44. The number of aromatic nitrogens is 2. The van der Waals surface area contributed by atoms with Gasteiger partial charge in [-0.2, -0.15) is 5.10 Å². The lowest BCUT2D eigenvalue weighted by Gasteiger charge is -2.23. The van der Waals surface area contributed by atoms with Gasteiger partial charge in [0.05, 0.1) is 11.9 Å². The van der Waals surface area contributed by atoms with Crippen molar-refractivity contribution in [1.29, 1.82) is 0 Å². The van der Waals surface area contributed by atoms with Gasteiger partial charge in [-0.15, -0.1) is 0 Å². The third-order valence-corrected chi connectivity index (χ3v) is 4.27. The summed E-state index contributed by atoms with van der Waals surface area (Å²) in [6, 6.07) is 0. The lowest BCUT2D eigenvalue weighted by Crippen LogP contribution is -2.34. The van der Waals surface area contributed by atoms with Gasteiger partial charge in [-0.1, -0.05) is 13.8 Å². The molecule has 1 saturated heterocycles. The Labute approximate surface area is 128 Å². The summed E-state index contributed by atoms with van der Waals surface area (Å²) in [7, 11) is 0. The Balaban J connectivity index is 2.01. The number of halogens is 1. The first-order valence-electron chi connectivity index (χ1n) is 7.28. The summed E-state index contributed by atoms with van der Waals surface area (Å²) in [4.78, 5) is 12.2. The van der Waals surface area contributed by atoms with Gasteiger partial charge in [0.25, 0.3) is 5.56 Å². The lowest BCUT2D eigenvalue weighted by molar-refractivity contribution is 0.392. The standard InChI is InChI=1S/C14H23BrN4O/c1-10(2)9-19-14(20)13(15)12(8-18-19)17-7-11-4-3-5-16-6-11/h8,10-11,16-17H,3-7,9H2,1-2H3. The van der Waals surface area contributed by atoms with Crippen molar-refractivity contribution in [3.05, 3.63) is 21.0 Å². The number of nitrogens with zero attached hydrogens (tertiary/aromatic N) is 2. The van der Waals surface area contributed by atoms with Gasteiger partial charge < -0.3 is 10.6 Å². The van der Waals surface area contributed by atoms with Crippen LogP contribution in [0.3, 0.4) is 0 Å². The van der Waals surface area contributed by atoms with Crippen LogP contribution in [-0.4, -0.2) is 29.4 Å². The molecule has 6 heteroatoms. The quantitative estimate of drug-likeness (QED) is 0.859. The fraction of sp³-hybridized carbons (Fsp3) is 0.714. The second-order valence-electron chi connectivity index (χ2n) is 5.85. The molecular weight excluding hydrogens is 320 g/mol. The summed E-state index contributed by atoms with van der Waals surface area (Å²) in [5.74, 6) is 1.02. The van der Waals surface area contributed by atoms with Gasteiger partial charge in [0, 0.05) is 13.1 Å². The van der Waals surface area contributed by atoms with E-state index in [4.69, 9.17) is 0 Å². The van der Waals surface area contributed by atoms with Crippen molar-refractivity contribution < 1.29 is 0 Å². The monoisotopic (exact) mass is 342 g/mol. The first-order chi connectivity index (χ1) is 9.58. The van der Waals surface area contributed by atoms with E-state index in [1.807, 2.05) is 0 Å². The Morgan fingerprint density at radius 3 is 3.05 bits per heavy atom. The minimum atomic E-state index is -0.0644. The maximum absolute atomic E-state index is 12.2. The van der Waals surface area contributed by atoms with E-state index in [2.05, 4.69) is 45.5 Å². The first kappa shape index (κ1) is 15.5. The Hall–Kier alpha value is -0.880. The summed E-state index contributed by atoms with van der Waals surface area (Å²) in [5.41, 5.74) is 0.728. The SMILES string of the molecule is CC(C)Cn1ncc(NCC2CCCNC2)c(Br)c1=O. The topological polar surface area (TPSA) is 59.0 Å². The molecule has 0 bridgehead atoms. The van der Waals surface area contributed by atoms with E-state index >= 15 is 0 Å². The normalized spacial score (nSPS) is 19.3. The van der Waals surface area contributed by atoms with Crippen molar-refractivity contribution in [2.45, 2.75) is 33.2 Å². The van der Waals surface area contributed by atoms with E-state index in [-0.39, 0.29) is 5.56 Å². The summed E-state index contributed by atoms with van der Waals surface area (Å²) >= 11 is 3.39. The molecule has 2 heterocycles. The Kier molecular flexibility index (Phi) is 5.60. The molecule has 1 atom stereocenters. The molecular formula is C14H23BrN4O. The Morgan fingerprint density at radius 2 is 2.40 bits per heavy atom. The van der Waals surface area contributed by atoms with E-state index in [1.165, 1.54) is 17.5 Å². The molecule has 2 N–H and O–H groups in total. The Morgan fingerprint density at radius 1 is 1.60 bits per heavy atom. The fourth-order valence-corrected chi connectivity index (χ4v) is 2.86. The summed E-state index contributed by atoms with van der Waals surface area (Å²) < 4.78 is 2.10. The van der Waals surface area contributed by atoms with Crippen LogP contribution < -0.4 is 16.2 Å². The highest BCUT2D eigenvalue weighted by atomic mass is 79.9. The zero-order valence-electron chi connectivity index (χ0n) is 12.2. The van der Waals surface area contributed by atoms with Crippen LogP contribution in [0.2, 0.25) is 0 Å². The van der Waals surface area contributed by atoms with Crippen LogP contribution in [0.25, 0.3) is 0 Å². The number of rotatable bonds is 5. The van der Waals surface area contributed by atoms with Crippen LogP contribution in [0.5, 0.6) is 0 Å². The molecule has 0 aromatic carbocycles. The molecule has 1 aliphatic heterocycles. The molecule has 0 aliphatic carbocycles. The van der Waals surface area contributed by atoms with Gasteiger partial charge in [-0.3, -0.25) is 4.79 Å². The van der Waals surface area contributed by atoms with Crippen LogP contribution in [0.1, 0.15) is 26.7 Å². The molecule has 0 amide bonds. The molecule has 1 aromatic heterocycles. The Bertz CT molecular complexity index is 494. The number of hydrogen-bond donors (Lipinski definition) is 2. The third-order valence-electron chi connectivity index (χ3n) is 3.50. The van der Waals surface area contributed by atoms with E-state index in [0.29, 0.717) is 22.9 Å². The molecule has 0 spiro atoms. The van der Waals surface area contributed by atoms with Crippen molar-refractivity contribution in [1.82, 2.24) is 15.1 Å². The van der Waals surface area contributed by atoms with Gasteiger partial charge in [0.15, 0.2) is 0 Å². The van der Waals surface area contributed by atoms with E-state index in [0.717, 1.165) is 25.3 Å². The van der Waals surface area contributed by atoms with Crippen LogP contribution in [0, 0.1) is 11.8 Å². The smallest absolute Gasteiger partial charge is 0.283 e. The third kappa shape index (κ3) is 4.06. The van der Waals surface area contributed by atoms with Crippen molar-refractivity contribution in [2.24, 2.45) is 11.8 Å². The number of hydrogen-bond acceptors (Lipinski definition) is 4. The predicted molar refractivity (Wildman–Crippen MR) is 85.1 cm³/mol. The number of nitrogens with one attached hydrogen (secondary N) is 2. The lowest BCUT2D eigenvalue weighted by atomic mass is 10.00. The molecule has 1 fully saturated rings. The van der Waals surface area contributed by atoms with Gasteiger partial charge in [-0.05, 0) is 53.7 Å². The molecule has 0 saturated carbocycles. The summed E-state index contributed by atoms with van der Waals surface area (Å²) in [5, 5.41) is 11.0. The van der Waals surface area contributed by atoms with Gasteiger partial charge in [0.1, 0.15) is 4.47 Å². The van der Waals surface area contributed by atoms with Crippen LogP contribution >= 0.6 is 15.9 Å². The highest BCUT2D eigenvalue weighted by Crippen LogP contribution is 2.18. The minimum Gasteiger partial charge on any atom is -0.382 e. The highest BCUT2D eigenvalue weighted by molar-refractivity contribution is 9.10. The van der Waals surface area contributed by atoms with E-state index in [1.54, 1.807) is 6.20 Å². The van der Waals surface area contributed by atoms with E-state index < -0.39 is 0 Å². The van der Waals surface area contributed by atoms with Crippen molar-refractivity contribution >= 4 is 21.6 Å². The van der Waals surface area contributed by atoms with Crippen molar-refractivity contribution in [2.75, 3.05) is 25.0 Å². The van der Waals surface area contributed by atoms with E-state index in [9.17, 15) is 4.79 Å². The fourth-order valence-electron chi connectivity index (χ4n) is 2.42. The zero-order valence-corrected chi connectivity index (χ0v) is 13.7. The molecule has 2 rings (SSSR count). The molecule has 1 aromatic rings. The average molecular weight is 343 g/mol. The predicted octanol–water partition coefficient (Wildman–Crippen LogP) is 2.07. The molecule has 5 nitrogen and oxygen atoms in total. The molecule has 1 unspecified atom stereocenters. The van der Waals surface area contributed by atoms with Crippen molar-refractivity contribution in [3.8, 4) is 0 Å². The second kappa shape index (κ2) is 7.22. The van der Waals surface area contributed by atoms with Crippen LogP contribution in [0.15, 0.2) is 15.5 Å². The zero-order chi connectivity index (χ0) is 14.5. The summed E-state index contributed by atoms with van der Waals surface area (Å²) in [6.45, 7) is 7.83.